The number of hydrogen-bond acceptors (Lipinski definition) is 1. The lowest BCUT2D eigenvalue weighted by molar-refractivity contribution is 0.0818. The van der Waals surface area contributed by atoms with Gasteiger partial charge in [0, 0.05) is 0 Å². The third-order valence-electron chi connectivity index (χ3n) is 0.982. The third-order valence-corrected chi connectivity index (χ3v) is 2.66. The molecule has 0 radical (unpaired) electrons. The average molecular weight is 240 g/mol. The molecule has 0 aromatic carbocycles. The molecule has 0 aliphatic carbocycles. The second kappa shape index (κ2) is 5.71. The van der Waals surface area contributed by atoms with E-state index < -0.39 is 11.1 Å². The van der Waals surface area contributed by atoms with Crippen molar-refractivity contribution in [3.05, 3.63) is 0 Å². The molecule has 0 saturated carbocycles. The Balaban J connectivity index is 3.66. The number of ether oxygens (including phenoxy) is 1. The molecule has 0 heterocycles. The van der Waals surface area contributed by atoms with Crippen LogP contribution in [0.25, 0.3) is 0 Å². The fourth-order valence-corrected chi connectivity index (χ4v) is 0.734. The minimum Gasteiger partial charge on any atom is -0.340 e. The Morgan fingerprint density at radius 3 is 1.27 bits per heavy atom. The maximum atomic E-state index is 5.66. The van der Waals surface area contributed by atoms with Gasteiger partial charge >= 0.3 is 0 Å². The Kier molecular flexibility index (Phi) is 6.29. The molecule has 0 rings (SSSR count). The van der Waals surface area contributed by atoms with E-state index in [2.05, 4.69) is 0 Å². The quantitative estimate of drug-likeness (QED) is 0.684. The Bertz CT molecular complexity index is 94.8. The van der Waals surface area contributed by atoms with Crippen molar-refractivity contribution in [1.29, 1.82) is 0 Å². The van der Waals surface area contributed by atoms with E-state index >= 15 is 0 Å². The number of halogens is 4. The van der Waals surface area contributed by atoms with Gasteiger partial charge in [0.15, 0.2) is 0 Å². The second-order valence-corrected chi connectivity index (χ2v) is 4.43. The first-order valence-corrected chi connectivity index (χ1v) is 4.91. The van der Waals surface area contributed by atoms with Crippen LogP contribution in [-0.2, 0) is 4.74 Å². The molecule has 0 amide bonds. The van der Waals surface area contributed by atoms with Crippen LogP contribution in [0.4, 0.5) is 0 Å². The summed E-state index contributed by atoms with van der Waals surface area (Å²) in [6, 6.07) is 0. The van der Waals surface area contributed by atoms with Crippen molar-refractivity contribution in [2.45, 2.75) is 35.7 Å². The Morgan fingerprint density at radius 1 is 0.818 bits per heavy atom. The van der Waals surface area contributed by atoms with Gasteiger partial charge in [-0.15, -0.1) is 23.2 Å². The molecule has 68 valence electrons. The third kappa shape index (κ3) is 5.37. The molecule has 0 N–H and O–H groups in total. The summed E-state index contributed by atoms with van der Waals surface area (Å²) < 4.78 is 5.04. The highest BCUT2D eigenvalue weighted by Crippen LogP contribution is 2.18. The number of rotatable bonds is 4. The standard InChI is InChI=1S/C6H10Cl4O/c1-3(7)5(9)11-6(10)4(2)8/h3-6H,1-2H3. The van der Waals surface area contributed by atoms with Gasteiger partial charge in [-0.1, -0.05) is 23.2 Å². The van der Waals surface area contributed by atoms with Crippen LogP contribution in [0.1, 0.15) is 13.8 Å². The van der Waals surface area contributed by atoms with Gasteiger partial charge in [-0.05, 0) is 13.8 Å². The molecule has 0 spiro atoms. The van der Waals surface area contributed by atoms with Crippen molar-refractivity contribution in [2.24, 2.45) is 0 Å². The van der Waals surface area contributed by atoms with E-state index in [9.17, 15) is 0 Å². The largest absolute Gasteiger partial charge is 0.340 e. The highest BCUT2D eigenvalue weighted by molar-refractivity contribution is 6.30. The lowest BCUT2D eigenvalue weighted by Gasteiger charge is -2.18. The first-order valence-electron chi connectivity index (χ1n) is 3.17. The maximum Gasteiger partial charge on any atom is 0.149 e. The monoisotopic (exact) mass is 238 g/mol. The predicted octanol–water partition coefficient (Wildman–Crippen LogP) is 3.39. The van der Waals surface area contributed by atoms with Crippen molar-refractivity contribution >= 4 is 46.4 Å². The molecule has 0 bridgehead atoms. The fourth-order valence-electron chi connectivity index (χ4n) is 0.341. The second-order valence-electron chi connectivity index (χ2n) is 2.19. The maximum absolute atomic E-state index is 5.66. The molecule has 0 fully saturated rings. The molecule has 0 aliphatic heterocycles. The van der Waals surface area contributed by atoms with Crippen molar-refractivity contribution in [3.63, 3.8) is 0 Å². The van der Waals surface area contributed by atoms with Gasteiger partial charge in [0.25, 0.3) is 0 Å². The van der Waals surface area contributed by atoms with Gasteiger partial charge < -0.3 is 4.74 Å². The predicted molar refractivity (Wildman–Crippen MR) is 51.0 cm³/mol. The molecule has 0 aromatic rings. The van der Waals surface area contributed by atoms with E-state index in [0.717, 1.165) is 0 Å². The van der Waals surface area contributed by atoms with E-state index in [4.69, 9.17) is 51.1 Å². The smallest absolute Gasteiger partial charge is 0.149 e. The SMILES string of the molecule is CC(Cl)C(Cl)OC(Cl)C(C)Cl. The van der Waals surface area contributed by atoms with E-state index in [0.29, 0.717) is 0 Å². The summed E-state index contributed by atoms with van der Waals surface area (Å²) in [5.74, 6) is 0. The van der Waals surface area contributed by atoms with Crippen LogP contribution in [0.5, 0.6) is 0 Å². The normalized spacial score (nSPS) is 22.4. The zero-order valence-electron chi connectivity index (χ0n) is 6.23. The van der Waals surface area contributed by atoms with Crippen LogP contribution in [0.3, 0.4) is 0 Å². The molecule has 0 aliphatic rings. The van der Waals surface area contributed by atoms with E-state index in [-0.39, 0.29) is 10.8 Å². The lowest BCUT2D eigenvalue weighted by atomic mass is 10.5. The zero-order valence-corrected chi connectivity index (χ0v) is 9.25. The average Bonchev–Trinajstić information content (AvgIpc) is 1.87. The van der Waals surface area contributed by atoms with Gasteiger partial charge in [-0.2, -0.15) is 0 Å². The Hall–Kier alpha value is 1.12. The van der Waals surface area contributed by atoms with Gasteiger partial charge in [-0.25, -0.2) is 0 Å². The molecule has 0 saturated heterocycles. The molecule has 5 heteroatoms. The zero-order chi connectivity index (χ0) is 9.02. The van der Waals surface area contributed by atoms with Crippen LogP contribution >= 0.6 is 46.4 Å². The summed E-state index contributed by atoms with van der Waals surface area (Å²) in [4.78, 5) is 0. The van der Waals surface area contributed by atoms with Crippen LogP contribution in [0.2, 0.25) is 0 Å². The summed E-state index contributed by atoms with van der Waals surface area (Å²) in [7, 11) is 0. The highest BCUT2D eigenvalue weighted by atomic mass is 35.5. The van der Waals surface area contributed by atoms with Gasteiger partial charge in [0.2, 0.25) is 0 Å². The summed E-state index contributed by atoms with van der Waals surface area (Å²) in [5, 5.41) is -0.568. The Labute approximate surface area is 86.9 Å². The number of hydrogen-bond donors (Lipinski definition) is 0. The number of alkyl halides is 4. The molecular weight excluding hydrogens is 230 g/mol. The van der Waals surface area contributed by atoms with Gasteiger partial charge in [0.1, 0.15) is 11.1 Å². The summed E-state index contributed by atoms with van der Waals surface area (Å²) in [6.07, 6.45) is 0. The van der Waals surface area contributed by atoms with Crippen molar-refractivity contribution in [3.8, 4) is 0 Å². The van der Waals surface area contributed by atoms with Crippen molar-refractivity contribution in [1.82, 2.24) is 0 Å². The van der Waals surface area contributed by atoms with Crippen LogP contribution in [0, 0.1) is 0 Å². The molecule has 1 nitrogen and oxygen atoms in total. The highest BCUT2D eigenvalue weighted by Gasteiger charge is 2.19. The summed E-state index contributed by atoms with van der Waals surface area (Å²) in [5.41, 5.74) is -1.19. The first-order chi connectivity index (χ1) is 4.95. The minimum atomic E-state index is -0.597. The summed E-state index contributed by atoms with van der Waals surface area (Å²) >= 11 is 22.6. The Morgan fingerprint density at radius 2 is 1.09 bits per heavy atom. The van der Waals surface area contributed by atoms with E-state index in [1.807, 2.05) is 0 Å². The first kappa shape index (κ1) is 12.1. The topological polar surface area (TPSA) is 9.23 Å². The van der Waals surface area contributed by atoms with Crippen LogP contribution in [0.15, 0.2) is 0 Å². The molecule has 4 atom stereocenters. The van der Waals surface area contributed by atoms with E-state index in [1.54, 1.807) is 13.8 Å². The lowest BCUT2D eigenvalue weighted by Crippen LogP contribution is -2.24. The van der Waals surface area contributed by atoms with Crippen LogP contribution in [-0.4, -0.2) is 21.9 Å². The molecule has 11 heavy (non-hydrogen) atoms. The fraction of sp³-hybridized carbons (Fsp3) is 1.00. The van der Waals surface area contributed by atoms with Crippen LogP contribution < -0.4 is 0 Å². The van der Waals surface area contributed by atoms with Crippen molar-refractivity contribution < 1.29 is 4.74 Å². The van der Waals surface area contributed by atoms with E-state index in [1.165, 1.54) is 0 Å². The van der Waals surface area contributed by atoms with Crippen molar-refractivity contribution in [2.75, 3.05) is 0 Å². The minimum absolute atomic E-state index is 0.284. The summed E-state index contributed by atoms with van der Waals surface area (Å²) in [6.45, 7) is 3.45. The van der Waals surface area contributed by atoms with Gasteiger partial charge in [0.05, 0.1) is 10.8 Å². The molecule has 4 unspecified atom stereocenters. The van der Waals surface area contributed by atoms with Gasteiger partial charge in [-0.3, -0.25) is 0 Å². The molecule has 0 aromatic heterocycles. The molecular formula is C6H10Cl4O.